The van der Waals surface area contributed by atoms with Gasteiger partial charge in [0.05, 0.1) is 0 Å². The molecular weight excluding hydrogens is 186 g/mol. The number of halogens is 3. The topological polar surface area (TPSA) is 0 Å². The molecule has 0 nitrogen and oxygen atoms in total. The molecular formula is C8H7Cl2F. The lowest BCUT2D eigenvalue weighted by atomic mass is 10.2. The van der Waals surface area contributed by atoms with E-state index < -0.39 is 5.63 Å². The zero-order valence-corrected chi connectivity index (χ0v) is 7.24. The molecule has 0 aliphatic rings. The van der Waals surface area contributed by atoms with Crippen molar-refractivity contribution < 1.29 is 4.39 Å². The second kappa shape index (κ2) is 3.93. The van der Waals surface area contributed by atoms with Gasteiger partial charge in [-0.15, -0.1) is 11.6 Å². The van der Waals surface area contributed by atoms with Gasteiger partial charge in [0.1, 0.15) is 0 Å². The molecule has 1 unspecified atom stereocenters. The van der Waals surface area contributed by atoms with Crippen molar-refractivity contribution in [3.63, 3.8) is 0 Å². The minimum Gasteiger partial charge on any atom is -0.225 e. The van der Waals surface area contributed by atoms with Crippen LogP contribution in [0.2, 0.25) is 0 Å². The Bertz CT molecular complexity index is 218. The summed E-state index contributed by atoms with van der Waals surface area (Å²) < 4.78 is 12.4. The molecule has 1 atom stereocenters. The number of alkyl halides is 3. The summed E-state index contributed by atoms with van der Waals surface area (Å²) in [4.78, 5) is 0. The average Bonchev–Trinajstić information content (AvgIpc) is 2.05. The summed E-state index contributed by atoms with van der Waals surface area (Å²) in [5.41, 5.74) is 0.0210. The van der Waals surface area contributed by atoms with E-state index in [0.29, 0.717) is 11.4 Å². The smallest absolute Gasteiger partial charge is 0.198 e. The van der Waals surface area contributed by atoms with Gasteiger partial charge in [-0.1, -0.05) is 35.9 Å². The highest BCUT2D eigenvalue weighted by molar-refractivity contribution is 6.19. The maximum Gasteiger partial charge on any atom is 0.198 e. The van der Waals surface area contributed by atoms with E-state index in [1.54, 1.807) is 24.3 Å². The molecule has 0 N–H and O–H groups in total. The van der Waals surface area contributed by atoms with Crippen LogP contribution < -0.4 is 0 Å². The zero-order valence-electron chi connectivity index (χ0n) is 5.73. The Hall–Kier alpha value is -0.270. The van der Waals surface area contributed by atoms with Gasteiger partial charge in [0.15, 0.2) is 5.63 Å². The summed E-state index contributed by atoms with van der Waals surface area (Å²) in [6.45, 7) is 0. The van der Waals surface area contributed by atoms with Crippen LogP contribution in [0.25, 0.3) is 0 Å². The molecule has 3 heteroatoms. The van der Waals surface area contributed by atoms with Gasteiger partial charge < -0.3 is 0 Å². The van der Waals surface area contributed by atoms with Crippen LogP contribution in [0.3, 0.4) is 0 Å². The van der Waals surface area contributed by atoms with E-state index in [1.165, 1.54) is 0 Å². The van der Waals surface area contributed by atoms with Crippen molar-refractivity contribution in [2.75, 3.05) is 0 Å². The van der Waals surface area contributed by atoms with Gasteiger partial charge >= 0.3 is 0 Å². The second-order valence-corrected chi connectivity index (χ2v) is 2.83. The van der Waals surface area contributed by atoms with Crippen LogP contribution in [0.4, 0.5) is 4.39 Å². The van der Waals surface area contributed by atoms with Crippen LogP contribution in [0.15, 0.2) is 24.3 Å². The number of rotatable bonds is 2. The Morgan fingerprint density at radius 3 is 2.18 bits per heavy atom. The molecule has 0 fully saturated rings. The number of hydrogen-bond donors (Lipinski definition) is 0. The van der Waals surface area contributed by atoms with Crippen molar-refractivity contribution >= 4 is 23.2 Å². The summed E-state index contributed by atoms with van der Waals surface area (Å²) in [5, 5.41) is 0. The first-order valence-electron chi connectivity index (χ1n) is 3.17. The van der Waals surface area contributed by atoms with Crippen molar-refractivity contribution in [2.45, 2.75) is 11.5 Å². The predicted octanol–water partition coefficient (Wildman–Crippen LogP) is 3.63. The van der Waals surface area contributed by atoms with E-state index in [0.717, 1.165) is 5.56 Å². The minimum atomic E-state index is -1.42. The SMILES string of the molecule is FC(Cl)c1ccc(CCl)cc1. The van der Waals surface area contributed by atoms with Crippen LogP contribution in [0, 0.1) is 0 Å². The average molecular weight is 193 g/mol. The Morgan fingerprint density at radius 2 is 1.82 bits per heavy atom. The monoisotopic (exact) mass is 192 g/mol. The zero-order chi connectivity index (χ0) is 8.27. The highest BCUT2D eigenvalue weighted by Gasteiger charge is 2.02. The molecule has 0 saturated carbocycles. The van der Waals surface area contributed by atoms with E-state index in [9.17, 15) is 4.39 Å². The molecule has 11 heavy (non-hydrogen) atoms. The first kappa shape index (κ1) is 8.82. The summed E-state index contributed by atoms with van der Waals surface area (Å²) in [5.74, 6) is 0.444. The van der Waals surface area contributed by atoms with Crippen molar-refractivity contribution in [2.24, 2.45) is 0 Å². The van der Waals surface area contributed by atoms with Crippen molar-refractivity contribution in [3.8, 4) is 0 Å². The van der Waals surface area contributed by atoms with Gasteiger partial charge in [-0.05, 0) is 5.56 Å². The van der Waals surface area contributed by atoms with Crippen molar-refractivity contribution in [1.29, 1.82) is 0 Å². The fraction of sp³-hybridized carbons (Fsp3) is 0.250. The summed E-state index contributed by atoms with van der Waals surface area (Å²) in [7, 11) is 0. The van der Waals surface area contributed by atoms with Gasteiger partial charge in [0.2, 0.25) is 0 Å². The third-order valence-electron chi connectivity index (χ3n) is 1.39. The van der Waals surface area contributed by atoms with Crippen LogP contribution in [-0.4, -0.2) is 0 Å². The third kappa shape index (κ3) is 2.35. The van der Waals surface area contributed by atoms with Gasteiger partial charge in [0.25, 0.3) is 0 Å². The molecule has 1 aromatic rings. The molecule has 60 valence electrons. The molecule has 0 aliphatic carbocycles. The van der Waals surface area contributed by atoms with E-state index in [4.69, 9.17) is 23.2 Å². The largest absolute Gasteiger partial charge is 0.225 e. The molecule has 0 heterocycles. The predicted molar refractivity (Wildman–Crippen MR) is 45.7 cm³/mol. The highest BCUT2D eigenvalue weighted by atomic mass is 35.5. The number of hydrogen-bond acceptors (Lipinski definition) is 0. The molecule has 0 aromatic heterocycles. The first-order chi connectivity index (χ1) is 5.24. The molecule has 0 saturated heterocycles. The van der Waals surface area contributed by atoms with Crippen molar-refractivity contribution in [3.05, 3.63) is 35.4 Å². The van der Waals surface area contributed by atoms with Crippen LogP contribution in [0.1, 0.15) is 16.8 Å². The standard InChI is InChI=1S/C8H7Cl2F/c9-5-6-1-3-7(4-2-6)8(10)11/h1-4,8H,5H2. The molecule has 1 rings (SSSR count). The molecule has 1 aromatic carbocycles. The third-order valence-corrected chi connectivity index (χ3v) is 1.95. The Kier molecular flexibility index (Phi) is 3.16. The van der Waals surface area contributed by atoms with Gasteiger partial charge in [-0.25, -0.2) is 4.39 Å². The Labute approximate surface area is 74.9 Å². The van der Waals surface area contributed by atoms with Crippen LogP contribution in [-0.2, 0) is 5.88 Å². The maximum absolute atomic E-state index is 12.4. The highest BCUT2D eigenvalue weighted by Crippen LogP contribution is 2.21. The Balaban J connectivity index is 2.83. The van der Waals surface area contributed by atoms with Crippen LogP contribution in [0.5, 0.6) is 0 Å². The fourth-order valence-electron chi connectivity index (χ4n) is 0.752. The fourth-order valence-corrected chi connectivity index (χ4v) is 1.08. The van der Waals surface area contributed by atoms with E-state index in [2.05, 4.69) is 0 Å². The van der Waals surface area contributed by atoms with Crippen molar-refractivity contribution in [1.82, 2.24) is 0 Å². The maximum atomic E-state index is 12.4. The van der Waals surface area contributed by atoms with Gasteiger partial charge in [0, 0.05) is 11.4 Å². The summed E-state index contributed by atoms with van der Waals surface area (Å²) in [6, 6.07) is 6.79. The minimum absolute atomic E-state index is 0.444. The summed E-state index contributed by atoms with van der Waals surface area (Å²) >= 11 is 10.7. The lowest BCUT2D eigenvalue weighted by molar-refractivity contribution is 0.460. The molecule has 0 bridgehead atoms. The lowest BCUT2D eigenvalue weighted by Crippen LogP contribution is -1.83. The number of benzene rings is 1. The normalized spacial score (nSPS) is 13.0. The van der Waals surface area contributed by atoms with E-state index in [1.807, 2.05) is 0 Å². The quantitative estimate of drug-likeness (QED) is 0.629. The second-order valence-electron chi connectivity index (χ2n) is 2.18. The molecule has 0 amide bonds. The molecule has 0 radical (unpaired) electrons. The van der Waals surface area contributed by atoms with Gasteiger partial charge in [-0.3, -0.25) is 0 Å². The van der Waals surface area contributed by atoms with Gasteiger partial charge in [-0.2, -0.15) is 0 Å². The Morgan fingerprint density at radius 1 is 1.27 bits per heavy atom. The first-order valence-corrected chi connectivity index (χ1v) is 4.14. The van der Waals surface area contributed by atoms with E-state index in [-0.39, 0.29) is 0 Å². The van der Waals surface area contributed by atoms with Crippen LogP contribution >= 0.6 is 23.2 Å². The lowest BCUT2D eigenvalue weighted by Gasteiger charge is -2.00. The van der Waals surface area contributed by atoms with E-state index >= 15 is 0 Å². The molecule has 0 spiro atoms. The summed E-state index contributed by atoms with van der Waals surface area (Å²) in [6.07, 6.45) is 0. The molecule has 0 aliphatic heterocycles.